The van der Waals surface area contributed by atoms with Gasteiger partial charge in [0.15, 0.2) is 0 Å². The minimum absolute atomic E-state index is 0.736. The summed E-state index contributed by atoms with van der Waals surface area (Å²) in [5.41, 5.74) is 5.65. The predicted molar refractivity (Wildman–Crippen MR) is 29.7 cm³/mol. The molecule has 0 radical (unpaired) electrons. The fourth-order valence-electron chi connectivity index (χ4n) is 0.384. The van der Waals surface area contributed by atoms with E-state index >= 15 is 0 Å². The minimum Gasteiger partial charge on any atom is -0.226 e. The Labute approximate surface area is 47.9 Å². The van der Waals surface area contributed by atoms with E-state index in [1.54, 1.807) is 9.53 Å². The third kappa shape index (κ3) is 1.05. The summed E-state index contributed by atoms with van der Waals surface area (Å²) < 4.78 is 1.71. The molecule has 1 heterocycles. The van der Waals surface area contributed by atoms with Gasteiger partial charge in [0.2, 0.25) is 0 Å². The molecule has 7 heavy (non-hydrogen) atoms. The van der Waals surface area contributed by atoms with E-state index in [1.807, 2.05) is 7.05 Å². The quantitative estimate of drug-likeness (QED) is 0.356. The first kappa shape index (κ1) is 5.33. The molecule has 42 valence electrons. The molecule has 0 aromatic carbocycles. The van der Waals surface area contributed by atoms with Gasteiger partial charge in [-0.25, -0.2) is 5.43 Å². The van der Waals surface area contributed by atoms with Crippen molar-refractivity contribution in [2.45, 2.75) is 0 Å². The van der Waals surface area contributed by atoms with Crippen LogP contribution in [0.2, 0.25) is 0 Å². The third-order valence-electron chi connectivity index (χ3n) is 0.808. The van der Waals surface area contributed by atoms with Gasteiger partial charge in [0.05, 0.1) is 6.67 Å². The van der Waals surface area contributed by atoms with Crippen LogP contribution in [0.4, 0.5) is 0 Å². The molecule has 0 aromatic rings. The van der Waals surface area contributed by atoms with Gasteiger partial charge in [-0.05, 0) is 0 Å². The second-order valence-electron chi connectivity index (χ2n) is 1.34. The maximum Gasteiger partial charge on any atom is 0.0892 e. The number of rotatable bonds is 0. The molecule has 1 fully saturated rings. The Morgan fingerprint density at radius 1 is 1.71 bits per heavy atom. The van der Waals surface area contributed by atoms with Gasteiger partial charge in [-0.1, -0.05) is 12.8 Å². The molecule has 5 heteroatoms. The number of hydrazine groups is 3. The lowest BCUT2D eigenvalue weighted by Gasteiger charge is -2.12. The standard InChI is InChI=1S/C2H8N4S/c1-5-4-3-2-6(5)7/h3-4,7H,2H2,1H3. The second-order valence-corrected chi connectivity index (χ2v) is 1.80. The smallest absolute Gasteiger partial charge is 0.0892 e. The highest BCUT2D eigenvalue weighted by atomic mass is 32.1. The zero-order valence-electron chi connectivity index (χ0n) is 4.05. The van der Waals surface area contributed by atoms with Crippen LogP contribution in [0.1, 0.15) is 0 Å². The monoisotopic (exact) mass is 120 g/mol. The van der Waals surface area contributed by atoms with Crippen LogP contribution in [0.5, 0.6) is 0 Å². The molecule has 0 spiro atoms. The van der Waals surface area contributed by atoms with E-state index < -0.39 is 0 Å². The maximum atomic E-state index is 4.02. The van der Waals surface area contributed by atoms with E-state index in [0.29, 0.717) is 0 Å². The van der Waals surface area contributed by atoms with Gasteiger partial charge in [0.1, 0.15) is 0 Å². The van der Waals surface area contributed by atoms with E-state index in [-0.39, 0.29) is 0 Å². The van der Waals surface area contributed by atoms with Gasteiger partial charge >= 0.3 is 0 Å². The first-order chi connectivity index (χ1) is 3.30. The molecule has 1 saturated heterocycles. The van der Waals surface area contributed by atoms with Crippen molar-refractivity contribution in [2.75, 3.05) is 13.7 Å². The molecule has 2 N–H and O–H groups in total. The van der Waals surface area contributed by atoms with Crippen molar-refractivity contribution >= 4 is 12.8 Å². The highest BCUT2D eigenvalue weighted by molar-refractivity contribution is 7.77. The zero-order chi connectivity index (χ0) is 5.28. The molecule has 0 bridgehead atoms. The SMILES string of the molecule is CN1NNCN1S. The average molecular weight is 120 g/mol. The van der Waals surface area contributed by atoms with Gasteiger partial charge in [0.25, 0.3) is 0 Å². The Morgan fingerprint density at radius 3 is 2.57 bits per heavy atom. The van der Waals surface area contributed by atoms with E-state index in [2.05, 4.69) is 23.8 Å². The van der Waals surface area contributed by atoms with Crippen LogP contribution in [0, 0.1) is 0 Å². The molecule has 0 aliphatic carbocycles. The predicted octanol–water partition coefficient (Wildman–Crippen LogP) is -1.04. The molecule has 0 saturated carbocycles. The number of hydrogen-bond acceptors (Lipinski definition) is 5. The molecule has 0 atom stereocenters. The number of nitrogens with zero attached hydrogens (tertiary/aromatic N) is 2. The highest BCUT2D eigenvalue weighted by Gasteiger charge is 2.10. The minimum atomic E-state index is 0.736. The normalized spacial score (nSPS) is 26.6. The van der Waals surface area contributed by atoms with E-state index in [9.17, 15) is 0 Å². The number of hydrogen-bond donors (Lipinski definition) is 3. The molecular formula is C2H8N4S. The van der Waals surface area contributed by atoms with E-state index in [1.165, 1.54) is 0 Å². The van der Waals surface area contributed by atoms with Crippen molar-refractivity contribution in [3.63, 3.8) is 0 Å². The van der Waals surface area contributed by atoms with Gasteiger partial charge in [-0.2, -0.15) is 15.1 Å². The zero-order valence-corrected chi connectivity index (χ0v) is 4.94. The maximum absolute atomic E-state index is 4.02. The van der Waals surface area contributed by atoms with Crippen molar-refractivity contribution in [2.24, 2.45) is 0 Å². The topological polar surface area (TPSA) is 30.5 Å². The van der Waals surface area contributed by atoms with E-state index in [4.69, 9.17) is 0 Å². The summed E-state index contributed by atoms with van der Waals surface area (Å²) in [6.45, 7) is 0.736. The highest BCUT2D eigenvalue weighted by Crippen LogP contribution is 1.94. The van der Waals surface area contributed by atoms with Crippen molar-refractivity contribution in [1.29, 1.82) is 0 Å². The van der Waals surface area contributed by atoms with Gasteiger partial charge in [-0.15, -0.1) is 0 Å². The fraction of sp³-hybridized carbons (Fsp3) is 1.00. The molecular weight excluding hydrogens is 112 g/mol. The van der Waals surface area contributed by atoms with Gasteiger partial charge in [-0.3, -0.25) is 0 Å². The van der Waals surface area contributed by atoms with Crippen molar-refractivity contribution < 1.29 is 0 Å². The molecule has 1 aliphatic heterocycles. The van der Waals surface area contributed by atoms with Crippen LogP contribution < -0.4 is 11.0 Å². The van der Waals surface area contributed by atoms with Crippen LogP contribution in [-0.2, 0) is 0 Å². The Kier molecular flexibility index (Phi) is 1.50. The molecule has 1 aliphatic rings. The van der Waals surface area contributed by atoms with Crippen molar-refractivity contribution in [3.05, 3.63) is 0 Å². The van der Waals surface area contributed by atoms with Crippen LogP contribution in [-0.4, -0.2) is 23.2 Å². The molecule has 4 nitrogen and oxygen atoms in total. The number of nitrogens with one attached hydrogen (secondary N) is 2. The summed E-state index contributed by atoms with van der Waals surface area (Å²) in [5.74, 6) is 0. The lowest BCUT2D eigenvalue weighted by molar-refractivity contribution is 0.118. The Balaban J connectivity index is 2.33. The third-order valence-corrected chi connectivity index (χ3v) is 1.22. The largest absolute Gasteiger partial charge is 0.226 e. The van der Waals surface area contributed by atoms with Crippen LogP contribution in [0.3, 0.4) is 0 Å². The molecule has 0 amide bonds. The number of thiol groups is 1. The van der Waals surface area contributed by atoms with Gasteiger partial charge < -0.3 is 0 Å². The van der Waals surface area contributed by atoms with Crippen LogP contribution in [0.15, 0.2) is 0 Å². The molecule has 0 aromatic heterocycles. The fourth-order valence-corrected chi connectivity index (χ4v) is 0.500. The molecule has 0 unspecified atom stereocenters. The van der Waals surface area contributed by atoms with Crippen molar-refractivity contribution in [1.82, 2.24) is 20.5 Å². The van der Waals surface area contributed by atoms with Crippen molar-refractivity contribution in [3.8, 4) is 0 Å². The molecule has 1 rings (SSSR count). The second kappa shape index (κ2) is 1.97. The Morgan fingerprint density at radius 2 is 2.43 bits per heavy atom. The Bertz CT molecular complexity index is 58.7. The summed E-state index contributed by atoms with van der Waals surface area (Å²) in [5, 5.41) is 1.74. The summed E-state index contributed by atoms with van der Waals surface area (Å²) in [4.78, 5) is 0. The van der Waals surface area contributed by atoms with Crippen LogP contribution >= 0.6 is 12.8 Å². The van der Waals surface area contributed by atoms with Crippen LogP contribution in [0.25, 0.3) is 0 Å². The first-order valence-corrected chi connectivity index (χ1v) is 2.39. The summed E-state index contributed by atoms with van der Waals surface area (Å²) in [6, 6.07) is 0. The van der Waals surface area contributed by atoms with E-state index in [0.717, 1.165) is 6.67 Å². The average Bonchev–Trinajstić information content (AvgIpc) is 1.91. The summed E-state index contributed by atoms with van der Waals surface area (Å²) in [6.07, 6.45) is 0. The van der Waals surface area contributed by atoms with Gasteiger partial charge in [0, 0.05) is 7.05 Å². The lowest BCUT2D eigenvalue weighted by atomic mass is 11.2. The summed E-state index contributed by atoms with van der Waals surface area (Å²) >= 11 is 4.02. The first-order valence-electron chi connectivity index (χ1n) is 1.99. The summed E-state index contributed by atoms with van der Waals surface area (Å²) in [7, 11) is 1.87. The Hall–Kier alpha value is 0.190. The lowest BCUT2D eigenvalue weighted by Crippen LogP contribution is -2.35.